The molecule has 0 radical (unpaired) electrons. The van der Waals surface area contributed by atoms with Gasteiger partial charge in [-0.2, -0.15) is 0 Å². The third-order valence-electron chi connectivity index (χ3n) is 5.16. The molecule has 162 valence electrons. The van der Waals surface area contributed by atoms with Crippen LogP contribution in [-0.2, 0) is 27.8 Å². The van der Waals surface area contributed by atoms with Gasteiger partial charge in [-0.25, -0.2) is 8.42 Å². The van der Waals surface area contributed by atoms with E-state index in [1.54, 1.807) is 36.4 Å². The van der Waals surface area contributed by atoms with E-state index < -0.39 is 10.0 Å². The summed E-state index contributed by atoms with van der Waals surface area (Å²) in [7, 11) is -3.88. The molecule has 1 N–H and O–H groups in total. The van der Waals surface area contributed by atoms with Crippen molar-refractivity contribution < 1.29 is 18.3 Å². The summed E-state index contributed by atoms with van der Waals surface area (Å²) in [6.07, 6.45) is 1.90. The van der Waals surface area contributed by atoms with Gasteiger partial charge in [0.25, 0.3) is 10.0 Å². The quantitative estimate of drug-likeness (QED) is 0.512. The largest absolute Gasteiger partial charge is 0.508 e. The molecule has 3 rings (SSSR count). The minimum Gasteiger partial charge on any atom is -0.508 e. The van der Waals surface area contributed by atoms with Crippen LogP contribution in [0.5, 0.6) is 5.75 Å². The number of anilines is 1. The van der Waals surface area contributed by atoms with Crippen LogP contribution in [-0.4, -0.2) is 19.8 Å². The average Bonchev–Trinajstić information content (AvgIpc) is 2.70. The van der Waals surface area contributed by atoms with E-state index in [9.17, 15) is 18.3 Å². The molecule has 6 heteroatoms. The number of carbonyl (C=O) groups is 1. The Bertz CT molecular complexity index is 1160. The van der Waals surface area contributed by atoms with Crippen molar-refractivity contribution in [3.63, 3.8) is 0 Å². The predicted molar refractivity (Wildman–Crippen MR) is 123 cm³/mol. The van der Waals surface area contributed by atoms with Gasteiger partial charge in [-0.05, 0) is 73.7 Å². The van der Waals surface area contributed by atoms with Crippen LogP contribution < -0.4 is 4.31 Å². The van der Waals surface area contributed by atoms with Gasteiger partial charge in [0.1, 0.15) is 12.0 Å². The molecule has 0 bridgehead atoms. The number of carbonyl (C=O) groups excluding carboxylic acids is 1. The van der Waals surface area contributed by atoms with Crippen LogP contribution in [0.15, 0.2) is 65.6 Å². The molecule has 3 aromatic rings. The van der Waals surface area contributed by atoms with Crippen LogP contribution in [0.2, 0.25) is 0 Å². The SMILES string of the molecule is Cc1cc(C)c(S(=O)(=O)N(Cc2cccc(O)c2)c2ccc(CCC=O)cc2)c(C)c1. The highest BCUT2D eigenvalue weighted by Crippen LogP contribution is 2.31. The van der Waals surface area contributed by atoms with Crippen molar-refractivity contribution in [3.05, 3.63) is 88.5 Å². The van der Waals surface area contributed by atoms with Gasteiger partial charge in [-0.1, -0.05) is 42.0 Å². The van der Waals surface area contributed by atoms with E-state index in [1.165, 1.54) is 4.31 Å². The number of aldehydes is 1. The maximum Gasteiger partial charge on any atom is 0.265 e. The maximum atomic E-state index is 13.8. The van der Waals surface area contributed by atoms with Crippen molar-refractivity contribution in [1.82, 2.24) is 0 Å². The second-order valence-corrected chi connectivity index (χ2v) is 9.58. The summed E-state index contributed by atoms with van der Waals surface area (Å²) in [5.41, 5.74) is 4.57. The number of sulfonamides is 1. The smallest absolute Gasteiger partial charge is 0.265 e. The molecular weight excluding hydrogens is 410 g/mol. The van der Waals surface area contributed by atoms with E-state index in [4.69, 9.17) is 0 Å². The van der Waals surface area contributed by atoms with Gasteiger partial charge in [0.15, 0.2) is 0 Å². The van der Waals surface area contributed by atoms with E-state index in [-0.39, 0.29) is 12.3 Å². The van der Waals surface area contributed by atoms with Crippen LogP contribution in [0.1, 0.15) is 34.2 Å². The molecule has 0 unspecified atom stereocenters. The molecule has 0 fully saturated rings. The lowest BCUT2D eigenvalue weighted by molar-refractivity contribution is -0.107. The lowest BCUT2D eigenvalue weighted by Gasteiger charge is -2.27. The zero-order chi connectivity index (χ0) is 22.6. The first-order chi connectivity index (χ1) is 14.7. The lowest BCUT2D eigenvalue weighted by atomic mass is 10.1. The highest BCUT2D eigenvalue weighted by Gasteiger charge is 2.28. The zero-order valence-corrected chi connectivity index (χ0v) is 18.8. The Morgan fingerprint density at radius 1 is 0.903 bits per heavy atom. The standard InChI is InChI=1S/C25H27NO4S/c1-18-14-19(2)25(20(3)15-18)31(29,30)26(17-22-6-4-8-24(28)16-22)23-11-9-21(10-12-23)7-5-13-27/h4,6,8-16,28H,5,7,17H2,1-3H3. The van der Waals surface area contributed by atoms with Crippen molar-refractivity contribution in [2.24, 2.45) is 0 Å². The summed E-state index contributed by atoms with van der Waals surface area (Å²) in [6, 6.07) is 17.6. The van der Waals surface area contributed by atoms with Crippen molar-refractivity contribution in [2.45, 2.75) is 45.1 Å². The highest BCUT2D eigenvalue weighted by atomic mass is 32.2. The van der Waals surface area contributed by atoms with Gasteiger partial charge in [-0.3, -0.25) is 4.31 Å². The van der Waals surface area contributed by atoms with Crippen LogP contribution in [0.25, 0.3) is 0 Å². The topological polar surface area (TPSA) is 74.7 Å². The summed E-state index contributed by atoms with van der Waals surface area (Å²) in [6.45, 7) is 5.64. The third kappa shape index (κ3) is 5.14. The third-order valence-corrected chi connectivity index (χ3v) is 7.24. The normalized spacial score (nSPS) is 11.3. The fourth-order valence-electron chi connectivity index (χ4n) is 3.87. The van der Waals surface area contributed by atoms with Crippen molar-refractivity contribution >= 4 is 22.0 Å². The number of aromatic hydroxyl groups is 1. The Morgan fingerprint density at radius 2 is 1.55 bits per heavy atom. The van der Waals surface area contributed by atoms with Gasteiger partial charge >= 0.3 is 0 Å². The molecule has 0 heterocycles. The molecule has 0 aliphatic rings. The van der Waals surface area contributed by atoms with Crippen molar-refractivity contribution in [2.75, 3.05) is 4.31 Å². The molecule has 0 aliphatic heterocycles. The zero-order valence-electron chi connectivity index (χ0n) is 18.0. The number of hydrogen-bond donors (Lipinski definition) is 1. The molecule has 31 heavy (non-hydrogen) atoms. The first kappa shape index (κ1) is 22.6. The summed E-state index contributed by atoms with van der Waals surface area (Å²) < 4.78 is 29.1. The molecule has 5 nitrogen and oxygen atoms in total. The molecule has 0 spiro atoms. The molecular formula is C25H27NO4S. The molecule has 0 saturated heterocycles. The van der Waals surface area contributed by atoms with Gasteiger partial charge in [0, 0.05) is 6.42 Å². The first-order valence-corrected chi connectivity index (χ1v) is 11.6. The van der Waals surface area contributed by atoms with Crippen LogP contribution in [0, 0.1) is 20.8 Å². The average molecular weight is 438 g/mol. The number of phenolic OH excluding ortho intramolecular Hbond substituents is 1. The van der Waals surface area contributed by atoms with Crippen LogP contribution in [0.3, 0.4) is 0 Å². The molecule has 0 aromatic heterocycles. The molecule has 0 aliphatic carbocycles. The second kappa shape index (κ2) is 9.35. The van der Waals surface area contributed by atoms with Gasteiger partial charge in [0.2, 0.25) is 0 Å². The summed E-state index contributed by atoms with van der Waals surface area (Å²) in [5.74, 6) is 0.0850. The highest BCUT2D eigenvalue weighted by molar-refractivity contribution is 7.92. The Balaban J connectivity index is 2.10. The van der Waals surface area contributed by atoms with Gasteiger partial charge < -0.3 is 9.90 Å². The van der Waals surface area contributed by atoms with Crippen molar-refractivity contribution in [3.8, 4) is 5.75 Å². The lowest BCUT2D eigenvalue weighted by Crippen LogP contribution is -2.31. The first-order valence-electron chi connectivity index (χ1n) is 10.1. The number of hydrogen-bond acceptors (Lipinski definition) is 4. The summed E-state index contributed by atoms with van der Waals surface area (Å²) in [5, 5.41) is 9.86. The Labute approximate surface area is 184 Å². The number of nitrogens with zero attached hydrogens (tertiary/aromatic N) is 1. The van der Waals surface area contributed by atoms with E-state index in [0.29, 0.717) is 40.1 Å². The number of benzene rings is 3. The molecule has 0 atom stereocenters. The van der Waals surface area contributed by atoms with Gasteiger partial charge in [-0.15, -0.1) is 0 Å². The Kier molecular flexibility index (Phi) is 6.81. The Morgan fingerprint density at radius 3 is 2.13 bits per heavy atom. The predicted octanol–water partition coefficient (Wildman–Crippen LogP) is 4.84. The number of aryl methyl sites for hydroxylation is 4. The monoisotopic (exact) mass is 437 g/mol. The number of rotatable bonds is 8. The van der Waals surface area contributed by atoms with E-state index >= 15 is 0 Å². The Hall–Kier alpha value is -3.12. The second-order valence-electron chi connectivity index (χ2n) is 7.78. The van der Waals surface area contributed by atoms with Gasteiger partial charge in [0.05, 0.1) is 17.1 Å². The number of phenols is 1. The minimum atomic E-state index is -3.88. The maximum absolute atomic E-state index is 13.8. The van der Waals surface area contributed by atoms with E-state index in [1.807, 2.05) is 45.0 Å². The van der Waals surface area contributed by atoms with Crippen LogP contribution in [0.4, 0.5) is 5.69 Å². The van der Waals surface area contributed by atoms with Crippen molar-refractivity contribution in [1.29, 1.82) is 0 Å². The molecule has 0 saturated carbocycles. The van der Waals surface area contributed by atoms with Crippen LogP contribution >= 0.6 is 0 Å². The summed E-state index contributed by atoms with van der Waals surface area (Å²) in [4.78, 5) is 10.9. The fourth-order valence-corrected chi connectivity index (χ4v) is 5.74. The molecule has 0 amide bonds. The minimum absolute atomic E-state index is 0.0805. The summed E-state index contributed by atoms with van der Waals surface area (Å²) >= 11 is 0. The van der Waals surface area contributed by atoms with E-state index in [0.717, 1.165) is 17.4 Å². The molecule has 3 aromatic carbocycles. The fraction of sp³-hybridized carbons (Fsp3) is 0.240. The van der Waals surface area contributed by atoms with E-state index in [2.05, 4.69) is 0 Å².